The summed E-state index contributed by atoms with van der Waals surface area (Å²) in [5.41, 5.74) is 8.63. The zero-order chi connectivity index (χ0) is 26.7. The van der Waals surface area contributed by atoms with Gasteiger partial charge < -0.3 is 25.3 Å². The van der Waals surface area contributed by atoms with E-state index in [1.54, 1.807) is 6.33 Å². The van der Waals surface area contributed by atoms with E-state index in [1.165, 1.54) is 44.0 Å². The summed E-state index contributed by atoms with van der Waals surface area (Å²) in [6.45, 7) is 4.62. The van der Waals surface area contributed by atoms with Crippen LogP contribution in [0.4, 0.5) is 5.82 Å². The molecule has 38 heavy (non-hydrogen) atoms. The molecule has 2 aliphatic heterocycles. The second-order valence-corrected chi connectivity index (χ2v) is 10.6. The van der Waals surface area contributed by atoms with Crippen LogP contribution in [0.2, 0.25) is 0 Å². The molecule has 0 radical (unpaired) electrons. The van der Waals surface area contributed by atoms with Crippen LogP contribution in [-0.4, -0.2) is 62.4 Å². The molecule has 2 aromatic heterocycles. The Labute approximate surface area is 221 Å². The lowest BCUT2D eigenvalue weighted by Crippen LogP contribution is -2.46. The summed E-state index contributed by atoms with van der Waals surface area (Å²) < 4.78 is 20.9. The summed E-state index contributed by atoms with van der Waals surface area (Å²) in [7, 11) is 0. The number of nitrogen functional groups attached to an aromatic ring is 1. The molecule has 4 heterocycles. The van der Waals surface area contributed by atoms with Gasteiger partial charge in [-0.2, -0.15) is 9.59 Å². The molecule has 0 bridgehead atoms. The molecular weight excluding hydrogens is 488 g/mol. The van der Waals surface area contributed by atoms with E-state index >= 15 is 0 Å². The number of aryl methyl sites for hydroxylation is 1. The third kappa shape index (κ3) is 5.62. The summed E-state index contributed by atoms with van der Waals surface area (Å²) in [4.78, 5) is 29.1. The van der Waals surface area contributed by atoms with Crippen LogP contribution < -0.4 is 11.1 Å². The van der Waals surface area contributed by atoms with E-state index in [-0.39, 0.29) is 30.7 Å². The van der Waals surface area contributed by atoms with Gasteiger partial charge in [0.1, 0.15) is 30.2 Å². The first-order chi connectivity index (χ1) is 18.4. The average Bonchev–Trinajstić information content (AvgIpc) is 3.53. The highest BCUT2D eigenvalue weighted by atomic mass is 16.8. The predicted molar refractivity (Wildman–Crippen MR) is 136 cm³/mol. The van der Waals surface area contributed by atoms with Crippen molar-refractivity contribution in [2.45, 2.75) is 82.3 Å². The zero-order valence-corrected chi connectivity index (χ0v) is 21.7. The Morgan fingerprint density at radius 3 is 2.61 bits per heavy atom. The van der Waals surface area contributed by atoms with Crippen LogP contribution in [0.15, 0.2) is 43.0 Å². The van der Waals surface area contributed by atoms with Crippen molar-refractivity contribution in [3.63, 3.8) is 0 Å². The largest absolute Gasteiger partial charge is 0.382 e. The number of aromatic nitrogens is 4. The van der Waals surface area contributed by atoms with Gasteiger partial charge in [-0.3, -0.25) is 4.57 Å². The molecule has 202 valence electrons. The maximum Gasteiger partial charge on any atom is 0.373 e. The van der Waals surface area contributed by atoms with E-state index in [0.717, 1.165) is 12.5 Å². The number of hydrogen-bond acceptors (Lipinski definition) is 10. The lowest BCUT2D eigenvalue weighted by molar-refractivity contribution is -0.196. The smallest absolute Gasteiger partial charge is 0.373 e. The van der Waals surface area contributed by atoms with E-state index in [2.05, 4.69) is 50.6 Å². The fourth-order valence-electron chi connectivity index (χ4n) is 5.76. The van der Waals surface area contributed by atoms with Crippen molar-refractivity contribution in [2.24, 2.45) is 5.92 Å². The maximum atomic E-state index is 8.12. The van der Waals surface area contributed by atoms with Crippen molar-refractivity contribution < 1.29 is 23.8 Å². The van der Waals surface area contributed by atoms with Crippen molar-refractivity contribution in [1.82, 2.24) is 24.8 Å². The van der Waals surface area contributed by atoms with Crippen LogP contribution in [0.1, 0.15) is 51.3 Å². The molecule has 3 aromatic rings. The fourth-order valence-corrected chi connectivity index (χ4v) is 5.76. The van der Waals surface area contributed by atoms with Gasteiger partial charge >= 0.3 is 6.15 Å². The van der Waals surface area contributed by atoms with Gasteiger partial charge in [0.2, 0.25) is 0 Å². The quantitative estimate of drug-likeness (QED) is 0.453. The molecule has 1 aliphatic carbocycles. The summed E-state index contributed by atoms with van der Waals surface area (Å²) in [5, 5.41) is 3.72. The zero-order valence-electron chi connectivity index (χ0n) is 21.7. The van der Waals surface area contributed by atoms with Gasteiger partial charge in [0.25, 0.3) is 0 Å². The Kier molecular flexibility index (Phi) is 7.83. The third-order valence-corrected chi connectivity index (χ3v) is 7.55. The van der Waals surface area contributed by atoms with Crippen LogP contribution in [0.3, 0.4) is 0 Å². The minimum Gasteiger partial charge on any atom is -0.382 e. The number of benzene rings is 1. The Hall–Kier alpha value is -3.21. The van der Waals surface area contributed by atoms with Gasteiger partial charge in [-0.25, -0.2) is 15.0 Å². The number of hydrogen-bond donors (Lipinski definition) is 2. The molecule has 3 N–H and O–H groups in total. The Morgan fingerprint density at radius 1 is 1.11 bits per heavy atom. The molecule has 1 saturated carbocycles. The number of rotatable bonds is 8. The molecule has 11 heteroatoms. The highest BCUT2D eigenvalue weighted by molar-refractivity contribution is 5.81. The molecule has 11 nitrogen and oxygen atoms in total. The average molecular weight is 523 g/mol. The van der Waals surface area contributed by atoms with E-state index in [9.17, 15) is 0 Å². The molecular formula is C27H34N6O5. The number of imidazole rings is 1. The van der Waals surface area contributed by atoms with E-state index in [0.29, 0.717) is 23.0 Å². The van der Waals surface area contributed by atoms with Crippen LogP contribution in [0.25, 0.3) is 11.2 Å². The molecule has 0 spiro atoms. The second kappa shape index (κ2) is 11.3. The number of ether oxygens (including phenoxy) is 3. The minimum absolute atomic E-state index is 0.125. The molecule has 4 atom stereocenters. The summed E-state index contributed by atoms with van der Waals surface area (Å²) in [5.74, 6) is 0.503. The standard InChI is InChI=1S/C26H34N6O3.CO2/c1-26(2)34-21-19(13-28-18-11-17(12-18)10-6-9-16-7-4-3-5-8-16)33-25(22(21)35-26)32-15-31-20-23(27)29-14-30-24(20)32;2-1-3/h3-5,7-8,14-15,17-19,21-22,25,28H,6,9-13H2,1-2H3,(H2,27,29,30);/t17?,18?,19-,21-,22-,25-;/m1./s1. The number of nitrogens with one attached hydrogen (secondary N) is 1. The van der Waals surface area contributed by atoms with Gasteiger partial charge in [-0.15, -0.1) is 0 Å². The predicted octanol–water partition coefficient (Wildman–Crippen LogP) is 2.63. The van der Waals surface area contributed by atoms with Crippen LogP contribution in [0, 0.1) is 5.92 Å². The summed E-state index contributed by atoms with van der Waals surface area (Å²) in [6, 6.07) is 11.3. The van der Waals surface area contributed by atoms with Gasteiger partial charge in [-0.05, 0) is 51.0 Å². The highest BCUT2D eigenvalue weighted by Crippen LogP contribution is 2.44. The fraction of sp³-hybridized carbons (Fsp3) is 0.556. The number of nitrogens with zero attached hydrogens (tertiary/aromatic N) is 4. The molecule has 3 fully saturated rings. The Balaban J connectivity index is 0.000000937. The van der Waals surface area contributed by atoms with Crippen molar-refractivity contribution in [3.05, 3.63) is 48.5 Å². The van der Waals surface area contributed by atoms with Crippen LogP contribution in [-0.2, 0) is 30.2 Å². The van der Waals surface area contributed by atoms with Crippen molar-refractivity contribution in [3.8, 4) is 0 Å². The van der Waals surface area contributed by atoms with Gasteiger partial charge in [0.05, 0.1) is 6.33 Å². The first-order valence-electron chi connectivity index (χ1n) is 13.1. The van der Waals surface area contributed by atoms with Crippen LogP contribution in [0.5, 0.6) is 0 Å². The molecule has 3 aliphatic rings. The first-order valence-corrected chi connectivity index (χ1v) is 13.1. The maximum absolute atomic E-state index is 8.12. The Bertz CT molecular complexity index is 1260. The van der Waals surface area contributed by atoms with Gasteiger partial charge in [0, 0.05) is 12.6 Å². The number of nitrogens with two attached hydrogens (primary N) is 1. The topological polar surface area (TPSA) is 143 Å². The lowest BCUT2D eigenvalue weighted by Gasteiger charge is -2.37. The van der Waals surface area contributed by atoms with Crippen molar-refractivity contribution in [2.75, 3.05) is 12.3 Å². The lowest BCUT2D eigenvalue weighted by atomic mass is 9.77. The van der Waals surface area contributed by atoms with Gasteiger partial charge in [0.15, 0.2) is 23.5 Å². The minimum atomic E-state index is -0.666. The summed E-state index contributed by atoms with van der Waals surface area (Å²) in [6.07, 6.45) is 8.64. The number of anilines is 1. The van der Waals surface area contributed by atoms with Crippen molar-refractivity contribution in [1.29, 1.82) is 0 Å². The van der Waals surface area contributed by atoms with Crippen molar-refractivity contribution >= 4 is 23.1 Å². The number of fused-ring (bicyclic) bond motifs is 2. The van der Waals surface area contributed by atoms with Gasteiger partial charge in [-0.1, -0.05) is 36.8 Å². The third-order valence-electron chi connectivity index (χ3n) is 7.55. The molecule has 0 amide bonds. The van der Waals surface area contributed by atoms with Crippen LogP contribution >= 0.6 is 0 Å². The summed E-state index contributed by atoms with van der Waals surface area (Å²) >= 11 is 0. The monoisotopic (exact) mass is 522 g/mol. The first kappa shape index (κ1) is 26.4. The molecule has 2 saturated heterocycles. The second-order valence-electron chi connectivity index (χ2n) is 10.6. The molecule has 6 rings (SSSR count). The SMILES string of the molecule is CC1(C)O[C@@H]2[C@H](O1)[C@@H](CNC1CC(CCCc3ccccc3)C1)O[C@H]2n1cnc2c(N)ncnc21.O=C=O. The normalized spacial score (nSPS) is 29.2. The molecule has 0 unspecified atom stereocenters. The highest BCUT2D eigenvalue weighted by Gasteiger charge is 2.56. The number of carbonyl (C=O) groups excluding carboxylic acids is 2. The molecule has 1 aromatic carbocycles. The van der Waals surface area contributed by atoms with E-state index in [1.807, 2.05) is 18.4 Å². The van der Waals surface area contributed by atoms with E-state index in [4.69, 9.17) is 29.5 Å². The Morgan fingerprint density at radius 2 is 1.84 bits per heavy atom. The van der Waals surface area contributed by atoms with E-state index < -0.39 is 5.79 Å².